The molecule has 0 aromatic heterocycles. The second kappa shape index (κ2) is 8.58. The zero-order valence-electron chi connectivity index (χ0n) is 20.3. The second-order valence-corrected chi connectivity index (χ2v) is 9.84. The van der Waals surface area contributed by atoms with Crippen molar-refractivity contribution in [1.29, 1.82) is 0 Å². The van der Waals surface area contributed by atoms with Crippen LogP contribution < -0.4 is 19.3 Å². The fourth-order valence-electron chi connectivity index (χ4n) is 4.93. The summed E-state index contributed by atoms with van der Waals surface area (Å²) in [6.07, 6.45) is 1.36. The van der Waals surface area contributed by atoms with Gasteiger partial charge in [0.25, 0.3) is 0 Å². The molecular formula is C27H32N2O4. The van der Waals surface area contributed by atoms with Crippen LogP contribution in [-0.4, -0.2) is 40.0 Å². The molecule has 0 saturated heterocycles. The van der Waals surface area contributed by atoms with Gasteiger partial charge in [0.2, 0.25) is 5.91 Å². The maximum absolute atomic E-state index is 13.6. The number of allylic oxidation sites excluding steroid dienone is 2. The molecule has 4 rings (SSSR count). The van der Waals surface area contributed by atoms with Crippen LogP contribution in [0.4, 0.5) is 11.4 Å². The molecule has 1 aliphatic carbocycles. The van der Waals surface area contributed by atoms with Gasteiger partial charge >= 0.3 is 0 Å². The number of carbonyl (C=O) groups excluding carboxylic acids is 2. The van der Waals surface area contributed by atoms with Crippen molar-refractivity contribution in [3.8, 4) is 11.5 Å². The summed E-state index contributed by atoms with van der Waals surface area (Å²) in [5.41, 5.74) is 4.07. The summed E-state index contributed by atoms with van der Waals surface area (Å²) in [5.74, 6) is 1.05. The van der Waals surface area contributed by atoms with Crippen LogP contribution in [-0.2, 0) is 9.59 Å². The lowest BCUT2D eigenvalue weighted by molar-refractivity contribution is -0.121. The summed E-state index contributed by atoms with van der Waals surface area (Å²) >= 11 is 0. The van der Waals surface area contributed by atoms with Crippen molar-refractivity contribution in [2.24, 2.45) is 5.41 Å². The molecule has 174 valence electrons. The molecule has 6 heteroatoms. The normalized spacial score (nSPS) is 19.9. The molecule has 2 aliphatic rings. The van der Waals surface area contributed by atoms with Crippen molar-refractivity contribution in [3.63, 3.8) is 0 Å². The maximum Gasteiger partial charge on any atom is 0.232 e. The molecule has 1 unspecified atom stereocenters. The van der Waals surface area contributed by atoms with Gasteiger partial charge in [0.05, 0.1) is 19.9 Å². The van der Waals surface area contributed by atoms with Crippen LogP contribution in [0.15, 0.2) is 53.7 Å². The molecule has 0 saturated carbocycles. The fraction of sp³-hybridized carbons (Fsp3) is 0.407. The van der Waals surface area contributed by atoms with Gasteiger partial charge in [0, 0.05) is 68.0 Å². The Bertz CT molecular complexity index is 1090. The van der Waals surface area contributed by atoms with E-state index < -0.39 is 0 Å². The summed E-state index contributed by atoms with van der Waals surface area (Å²) in [4.78, 5) is 30.8. The molecule has 6 nitrogen and oxygen atoms in total. The van der Waals surface area contributed by atoms with E-state index in [2.05, 4.69) is 13.8 Å². The zero-order valence-corrected chi connectivity index (χ0v) is 20.3. The van der Waals surface area contributed by atoms with Crippen molar-refractivity contribution in [2.75, 3.05) is 38.1 Å². The lowest BCUT2D eigenvalue weighted by atomic mass is 9.69. The molecule has 2 aromatic rings. The number of methoxy groups -OCH3 is 2. The number of anilines is 2. The van der Waals surface area contributed by atoms with E-state index in [0.717, 1.165) is 22.5 Å². The Kier molecular flexibility index (Phi) is 5.95. The summed E-state index contributed by atoms with van der Waals surface area (Å²) in [7, 11) is 7.16. The second-order valence-electron chi connectivity index (χ2n) is 9.84. The predicted molar refractivity (Wildman–Crippen MR) is 130 cm³/mol. The molecule has 0 N–H and O–H groups in total. The molecule has 33 heavy (non-hydrogen) atoms. The van der Waals surface area contributed by atoms with Crippen LogP contribution in [0.3, 0.4) is 0 Å². The summed E-state index contributed by atoms with van der Waals surface area (Å²) in [6, 6.07) is 13.6. The number of ether oxygens (including phenoxy) is 2. The van der Waals surface area contributed by atoms with Crippen LogP contribution in [0.5, 0.6) is 11.5 Å². The first-order chi connectivity index (χ1) is 15.6. The molecule has 1 heterocycles. The lowest BCUT2D eigenvalue weighted by Crippen LogP contribution is -2.43. The van der Waals surface area contributed by atoms with E-state index in [1.807, 2.05) is 55.4 Å². The third kappa shape index (κ3) is 4.34. The average Bonchev–Trinajstić information content (AvgIpc) is 2.77. The quantitative estimate of drug-likeness (QED) is 0.649. The van der Waals surface area contributed by atoms with E-state index in [4.69, 9.17) is 9.47 Å². The summed E-state index contributed by atoms with van der Waals surface area (Å²) < 4.78 is 10.9. The van der Waals surface area contributed by atoms with Crippen molar-refractivity contribution >= 4 is 23.1 Å². The Morgan fingerprint density at radius 1 is 0.939 bits per heavy atom. The number of carbonyl (C=O) groups is 2. The van der Waals surface area contributed by atoms with Gasteiger partial charge in [0.1, 0.15) is 11.5 Å². The van der Waals surface area contributed by atoms with Crippen LogP contribution in [0.1, 0.15) is 44.6 Å². The minimum absolute atomic E-state index is 0.0313. The number of hydrogen-bond donors (Lipinski definition) is 0. The number of nitrogens with zero attached hydrogens (tertiary/aromatic N) is 2. The largest absolute Gasteiger partial charge is 0.497 e. The number of rotatable bonds is 5. The van der Waals surface area contributed by atoms with E-state index in [9.17, 15) is 9.59 Å². The Labute approximate surface area is 195 Å². The van der Waals surface area contributed by atoms with Crippen molar-refractivity contribution in [2.45, 2.75) is 39.0 Å². The predicted octanol–water partition coefficient (Wildman–Crippen LogP) is 4.93. The van der Waals surface area contributed by atoms with E-state index in [0.29, 0.717) is 30.0 Å². The zero-order chi connectivity index (χ0) is 23.9. The molecule has 1 atom stereocenters. The average molecular weight is 449 g/mol. The van der Waals surface area contributed by atoms with Crippen molar-refractivity contribution in [1.82, 2.24) is 0 Å². The van der Waals surface area contributed by atoms with Crippen LogP contribution in [0, 0.1) is 5.41 Å². The van der Waals surface area contributed by atoms with Gasteiger partial charge < -0.3 is 14.4 Å². The van der Waals surface area contributed by atoms with Gasteiger partial charge in [-0.1, -0.05) is 26.0 Å². The first-order valence-corrected chi connectivity index (χ1v) is 11.2. The van der Waals surface area contributed by atoms with Gasteiger partial charge in [-0.05, 0) is 29.5 Å². The van der Waals surface area contributed by atoms with Gasteiger partial charge in [-0.15, -0.1) is 0 Å². The minimum atomic E-state index is -0.240. The third-order valence-corrected chi connectivity index (χ3v) is 6.55. The topological polar surface area (TPSA) is 59.1 Å². The summed E-state index contributed by atoms with van der Waals surface area (Å²) in [5, 5.41) is 0. The fourth-order valence-corrected chi connectivity index (χ4v) is 4.93. The van der Waals surface area contributed by atoms with Gasteiger partial charge in [-0.2, -0.15) is 0 Å². The molecule has 0 bridgehead atoms. The number of Topliss-reactive ketones (excluding diaryl/α,β-unsaturated/α-hetero) is 1. The third-order valence-electron chi connectivity index (χ3n) is 6.55. The Morgan fingerprint density at radius 3 is 2.09 bits per heavy atom. The smallest absolute Gasteiger partial charge is 0.232 e. The maximum atomic E-state index is 13.6. The molecule has 0 spiro atoms. The number of ketones is 1. The monoisotopic (exact) mass is 448 g/mol. The Morgan fingerprint density at radius 2 is 1.55 bits per heavy atom. The molecule has 0 radical (unpaired) electrons. The molecule has 2 aromatic carbocycles. The van der Waals surface area contributed by atoms with E-state index in [-0.39, 0.29) is 29.4 Å². The van der Waals surface area contributed by atoms with Crippen LogP contribution in [0.25, 0.3) is 0 Å². The molecular weight excluding hydrogens is 416 g/mol. The SMILES string of the molecule is COc1cc(OC)cc(N2C(=O)CC(c3ccc(N(C)C)cc3)C3=C2CC(C)(C)CC3=O)c1. The van der Waals surface area contributed by atoms with Crippen LogP contribution in [0.2, 0.25) is 0 Å². The highest BCUT2D eigenvalue weighted by Gasteiger charge is 2.44. The van der Waals surface area contributed by atoms with E-state index in [1.54, 1.807) is 25.2 Å². The lowest BCUT2D eigenvalue weighted by Gasteiger charge is -2.43. The van der Waals surface area contributed by atoms with Crippen molar-refractivity contribution < 1.29 is 19.1 Å². The Balaban J connectivity index is 1.87. The molecule has 1 amide bonds. The minimum Gasteiger partial charge on any atom is -0.497 e. The summed E-state index contributed by atoms with van der Waals surface area (Å²) in [6.45, 7) is 4.16. The highest BCUT2D eigenvalue weighted by molar-refractivity contribution is 6.08. The highest BCUT2D eigenvalue weighted by atomic mass is 16.5. The van der Waals surface area contributed by atoms with E-state index >= 15 is 0 Å². The molecule has 1 aliphatic heterocycles. The first-order valence-electron chi connectivity index (χ1n) is 11.2. The number of hydrogen-bond acceptors (Lipinski definition) is 5. The van der Waals surface area contributed by atoms with E-state index in [1.165, 1.54) is 0 Å². The number of amides is 1. The van der Waals surface area contributed by atoms with Crippen molar-refractivity contribution in [3.05, 3.63) is 59.3 Å². The molecule has 0 fully saturated rings. The standard InChI is InChI=1S/C27H32N2O4/c1-27(2)15-23-26(24(30)16-27)22(17-7-9-18(10-8-17)28(3)4)14-25(31)29(23)19-11-20(32-5)13-21(12-19)33-6/h7-13,22H,14-16H2,1-6H3. The first kappa shape index (κ1) is 22.9. The van der Waals surface area contributed by atoms with Gasteiger partial charge in [-0.25, -0.2) is 0 Å². The van der Waals surface area contributed by atoms with Gasteiger partial charge in [-0.3, -0.25) is 14.5 Å². The van der Waals surface area contributed by atoms with Crippen LogP contribution >= 0.6 is 0 Å². The highest BCUT2D eigenvalue weighted by Crippen LogP contribution is 2.49. The van der Waals surface area contributed by atoms with Gasteiger partial charge in [0.15, 0.2) is 5.78 Å². The Hall–Kier alpha value is -3.28. The number of benzene rings is 2.